The average Bonchev–Trinajstić information content (AvgIpc) is 2.06. The van der Waals surface area contributed by atoms with Gasteiger partial charge in [-0.25, -0.2) is 0 Å². The maximum Gasteiger partial charge on any atom is 0.0471 e. The molecule has 0 saturated carbocycles. The largest absolute Gasteiger partial charge is 0.396 e. The molecule has 56 valence electrons. The molecule has 1 nitrogen and oxygen atoms in total. The van der Waals surface area contributed by atoms with Crippen molar-refractivity contribution in [2.24, 2.45) is 0 Å². The number of rotatable bonds is 2. The molecule has 1 heteroatoms. The van der Waals surface area contributed by atoms with Crippen molar-refractivity contribution >= 4 is 0 Å². The van der Waals surface area contributed by atoms with Gasteiger partial charge in [0.1, 0.15) is 0 Å². The minimum atomic E-state index is 0.175. The number of hydrogen-bond donors (Lipinski definition) is 1. The topological polar surface area (TPSA) is 20.2 Å². The second-order valence-corrected chi connectivity index (χ2v) is 2.32. The Kier molecular flexibility index (Phi) is 2.71. The lowest BCUT2D eigenvalue weighted by atomic mass is 10.1. The zero-order chi connectivity index (χ0) is 8.10. The maximum atomic E-state index is 8.63. The van der Waals surface area contributed by atoms with E-state index in [0.29, 0.717) is 6.42 Å². The third kappa shape index (κ3) is 2.10. The van der Waals surface area contributed by atoms with Crippen molar-refractivity contribution in [1.29, 1.82) is 0 Å². The fourth-order valence-electron chi connectivity index (χ4n) is 0.946. The molecule has 0 aliphatic rings. The smallest absolute Gasteiger partial charge is 0.0471 e. The van der Waals surface area contributed by atoms with Crippen LogP contribution < -0.4 is 0 Å². The predicted molar refractivity (Wildman–Crippen MR) is 45.2 cm³/mol. The van der Waals surface area contributed by atoms with E-state index in [1.807, 2.05) is 24.3 Å². The van der Waals surface area contributed by atoms with Crippen LogP contribution in [0.5, 0.6) is 0 Å². The van der Waals surface area contributed by atoms with Crippen LogP contribution in [0, 0.1) is 12.3 Å². The van der Waals surface area contributed by atoms with E-state index in [4.69, 9.17) is 11.5 Å². The van der Waals surface area contributed by atoms with Crippen LogP contribution in [0.3, 0.4) is 0 Å². The van der Waals surface area contributed by atoms with Gasteiger partial charge in [-0.3, -0.25) is 0 Å². The zero-order valence-corrected chi connectivity index (χ0v) is 6.25. The molecule has 11 heavy (non-hydrogen) atoms. The third-order valence-corrected chi connectivity index (χ3v) is 1.49. The fourth-order valence-corrected chi connectivity index (χ4v) is 0.946. The summed E-state index contributed by atoms with van der Waals surface area (Å²) >= 11 is 0. The van der Waals surface area contributed by atoms with Gasteiger partial charge in [0, 0.05) is 12.2 Å². The van der Waals surface area contributed by atoms with Crippen molar-refractivity contribution in [3.8, 4) is 12.3 Å². The Labute approximate surface area is 66.7 Å². The first-order valence-corrected chi connectivity index (χ1v) is 3.53. The lowest BCUT2D eigenvalue weighted by molar-refractivity contribution is 0.299. The quantitative estimate of drug-likeness (QED) is 0.622. The lowest BCUT2D eigenvalue weighted by Crippen LogP contribution is -1.90. The number of aliphatic hydroxyl groups is 1. The first-order valence-electron chi connectivity index (χ1n) is 3.53. The van der Waals surface area contributed by atoms with E-state index in [0.717, 1.165) is 11.1 Å². The Hall–Kier alpha value is -1.26. The molecule has 0 aromatic heterocycles. The maximum absolute atomic E-state index is 8.63. The molecule has 0 atom stereocenters. The number of benzene rings is 1. The van der Waals surface area contributed by atoms with Gasteiger partial charge >= 0.3 is 0 Å². The minimum Gasteiger partial charge on any atom is -0.396 e. The predicted octanol–water partition coefficient (Wildman–Crippen LogP) is 1.20. The summed E-state index contributed by atoms with van der Waals surface area (Å²) in [6, 6.07) is 7.65. The summed E-state index contributed by atoms with van der Waals surface area (Å²) in [6.45, 7) is 0.175. The first-order chi connectivity index (χ1) is 5.36. The summed E-state index contributed by atoms with van der Waals surface area (Å²) in [5.74, 6) is 2.54. The molecule has 0 radical (unpaired) electrons. The van der Waals surface area contributed by atoms with Crippen molar-refractivity contribution in [2.75, 3.05) is 6.61 Å². The van der Waals surface area contributed by atoms with Crippen molar-refractivity contribution in [3.63, 3.8) is 0 Å². The highest BCUT2D eigenvalue weighted by Crippen LogP contribution is 2.03. The summed E-state index contributed by atoms with van der Waals surface area (Å²) in [5.41, 5.74) is 1.96. The highest BCUT2D eigenvalue weighted by Gasteiger charge is 1.91. The van der Waals surface area contributed by atoms with Gasteiger partial charge in [-0.2, -0.15) is 0 Å². The van der Waals surface area contributed by atoms with E-state index in [1.165, 1.54) is 0 Å². The molecule has 0 amide bonds. The van der Waals surface area contributed by atoms with Gasteiger partial charge in [0.2, 0.25) is 0 Å². The molecule has 0 bridgehead atoms. The van der Waals surface area contributed by atoms with E-state index < -0.39 is 0 Å². The molecule has 0 spiro atoms. The Balaban J connectivity index is 2.85. The average molecular weight is 146 g/mol. The fraction of sp³-hybridized carbons (Fsp3) is 0.200. The van der Waals surface area contributed by atoms with Crippen LogP contribution in [0.25, 0.3) is 0 Å². The minimum absolute atomic E-state index is 0.175. The van der Waals surface area contributed by atoms with Gasteiger partial charge in [0.25, 0.3) is 0 Å². The zero-order valence-electron chi connectivity index (χ0n) is 6.25. The second kappa shape index (κ2) is 3.80. The molecule has 0 aliphatic carbocycles. The summed E-state index contributed by atoms with van der Waals surface area (Å²) in [6.07, 6.45) is 5.88. The number of hydrogen-bond acceptors (Lipinski definition) is 1. The molecule has 1 aromatic rings. The van der Waals surface area contributed by atoms with Gasteiger partial charge in [0.15, 0.2) is 0 Å². The van der Waals surface area contributed by atoms with Crippen LogP contribution in [0.15, 0.2) is 24.3 Å². The lowest BCUT2D eigenvalue weighted by Gasteiger charge is -1.97. The SMILES string of the molecule is C#Cc1cccc(CCO)c1. The van der Waals surface area contributed by atoms with Crippen LogP contribution in [0.4, 0.5) is 0 Å². The Morgan fingerprint density at radius 3 is 2.91 bits per heavy atom. The van der Waals surface area contributed by atoms with Crippen molar-refractivity contribution in [2.45, 2.75) is 6.42 Å². The van der Waals surface area contributed by atoms with Crippen LogP contribution in [0.1, 0.15) is 11.1 Å². The first kappa shape index (κ1) is 7.84. The van der Waals surface area contributed by atoms with E-state index >= 15 is 0 Å². The van der Waals surface area contributed by atoms with Gasteiger partial charge in [-0.15, -0.1) is 6.42 Å². The Morgan fingerprint density at radius 2 is 2.27 bits per heavy atom. The van der Waals surface area contributed by atoms with Crippen LogP contribution in [0.2, 0.25) is 0 Å². The molecule has 1 aromatic carbocycles. The molecular formula is C10H10O. The van der Waals surface area contributed by atoms with Gasteiger partial charge in [-0.1, -0.05) is 18.1 Å². The van der Waals surface area contributed by atoms with Gasteiger partial charge in [0.05, 0.1) is 0 Å². The normalized spacial score (nSPS) is 9.09. The van der Waals surface area contributed by atoms with E-state index in [9.17, 15) is 0 Å². The molecule has 1 rings (SSSR count). The molecule has 0 fully saturated rings. The van der Waals surface area contributed by atoms with Crippen molar-refractivity contribution in [1.82, 2.24) is 0 Å². The molecule has 0 unspecified atom stereocenters. The molecule has 0 saturated heterocycles. The summed E-state index contributed by atoms with van der Waals surface area (Å²) in [7, 11) is 0. The van der Waals surface area contributed by atoms with Gasteiger partial charge < -0.3 is 5.11 Å². The van der Waals surface area contributed by atoms with Gasteiger partial charge in [-0.05, 0) is 24.1 Å². The summed E-state index contributed by atoms with van der Waals surface area (Å²) in [4.78, 5) is 0. The van der Waals surface area contributed by atoms with Crippen LogP contribution in [-0.2, 0) is 6.42 Å². The highest BCUT2D eigenvalue weighted by molar-refractivity contribution is 5.35. The monoisotopic (exact) mass is 146 g/mol. The van der Waals surface area contributed by atoms with Crippen LogP contribution >= 0.6 is 0 Å². The Morgan fingerprint density at radius 1 is 1.45 bits per heavy atom. The summed E-state index contributed by atoms with van der Waals surface area (Å²) in [5, 5.41) is 8.63. The third-order valence-electron chi connectivity index (χ3n) is 1.49. The number of terminal acetylenes is 1. The molecule has 0 heterocycles. The molecule has 0 aliphatic heterocycles. The summed E-state index contributed by atoms with van der Waals surface area (Å²) < 4.78 is 0. The van der Waals surface area contributed by atoms with E-state index in [2.05, 4.69) is 5.92 Å². The van der Waals surface area contributed by atoms with E-state index in [-0.39, 0.29) is 6.61 Å². The Bertz CT molecular complexity index is 270. The standard InChI is InChI=1S/C10H10O/c1-2-9-4-3-5-10(8-9)6-7-11/h1,3-5,8,11H,6-7H2. The molecule has 1 N–H and O–H groups in total. The second-order valence-electron chi connectivity index (χ2n) is 2.32. The number of aliphatic hydroxyl groups excluding tert-OH is 1. The van der Waals surface area contributed by atoms with E-state index in [1.54, 1.807) is 0 Å². The van der Waals surface area contributed by atoms with Crippen LogP contribution in [-0.4, -0.2) is 11.7 Å². The van der Waals surface area contributed by atoms with Crippen molar-refractivity contribution < 1.29 is 5.11 Å². The highest BCUT2D eigenvalue weighted by atomic mass is 16.2. The van der Waals surface area contributed by atoms with Crippen molar-refractivity contribution in [3.05, 3.63) is 35.4 Å². The molecular weight excluding hydrogens is 136 g/mol.